The number of hydrogen-bond donors (Lipinski definition) is 2. The molecule has 0 aliphatic carbocycles. The first kappa shape index (κ1) is 24.0. The highest BCUT2D eigenvalue weighted by molar-refractivity contribution is 6.23. The summed E-state index contributed by atoms with van der Waals surface area (Å²) in [6.07, 6.45) is -1.39. The maximum atomic E-state index is 13.1. The Morgan fingerprint density at radius 3 is 2.37 bits per heavy atom. The van der Waals surface area contributed by atoms with Gasteiger partial charge in [0.25, 0.3) is 17.5 Å². The number of nitro benzene ring substituents is 1. The number of non-ortho nitro benzene ring substituents is 1. The minimum Gasteiger partial charge on any atom is -0.459 e. The van der Waals surface area contributed by atoms with Gasteiger partial charge >= 0.3 is 5.97 Å². The van der Waals surface area contributed by atoms with E-state index in [9.17, 15) is 39.5 Å². The summed E-state index contributed by atoms with van der Waals surface area (Å²) in [6, 6.07) is 7.73. The summed E-state index contributed by atoms with van der Waals surface area (Å²) in [5.74, 6) is -3.55. The van der Waals surface area contributed by atoms with Gasteiger partial charge in [0, 0.05) is 12.1 Å². The maximum absolute atomic E-state index is 13.1. The molecule has 2 aromatic rings. The molecule has 0 bridgehead atoms. The zero-order chi connectivity index (χ0) is 25.4. The number of carbonyl (C=O) groups excluding carboxylic acids is 4. The van der Waals surface area contributed by atoms with E-state index in [0.717, 1.165) is 23.1 Å². The zero-order valence-corrected chi connectivity index (χ0v) is 18.4. The van der Waals surface area contributed by atoms with Gasteiger partial charge in [-0.15, -0.1) is 0 Å². The molecule has 0 aromatic heterocycles. The van der Waals surface area contributed by atoms with Gasteiger partial charge in [0.1, 0.15) is 12.6 Å². The molecule has 4 rings (SSSR count). The third-order valence-electron chi connectivity index (χ3n) is 6.03. The SMILES string of the molecule is C[C@@H](O)C(C(=O)OCc1ccccc1)N1C(=O)C(N2C(=O)c3ccc([N+](=O)[O-])cc3C2=O)C1CO. The van der Waals surface area contributed by atoms with Gasteiger partial charge in [-0.1, -0.05) is 30.3 Å². The van der Waals surface area contributed by atoms with Crippen molar-refractivity contribution >= 4 is 29.4 Å². The Labute approximate surface area is 198 Å². The molecule has 0 saturated carbocycles. The number of benzene rings is 2. The fraction of sp³-hybridized carbons (Fsp3) is 0.304. The van der Waals surface area contributed by atoms with Crippen LogP contribution in [0.25, 0.3) is 0 Å². The molecule has 2 aliphatic heterocycles. The summed E-state index contributed by atoms with van der Waals surface area (Å²) in [4.78, 5) is 63.5. The Morgan fingerprint density at radius 2 is 1.77 bits per heavy atom. The largest absolute Gasteiger partial charge is 0.459 e. The van der Waals surface area contributed by atoms with Crippen LogP contribution in [0.4, 0.5) is 5.69 Å². The summed E-state index contributed by atoms with van der Waals surface area (Å²) < 4.78 is 5.25. The van der Waals surface area contributed by atoms with Crippen LogP contribution in [0.2, 0.25) is 0 Å². The van der Waals surface area contributed by atoms with E-state index in [-0.39, 0.29) is 17.7 Å². The van der Waals surface area contributed by atoms with E-state index in [2.05, 4.69) is 0 Å². The second kappa shape index (κ2) is 9.24. The van der Waals surface area contributed by atoms with E-state index in [4.69, 9.17) is 4.74 Å². The van der Waals surface area contributed by atoms with Crippen LogP contribution in [0.1, 0.15) is 33.2 Å². The van der Waals surface area contributed by atoms with Crippen LogP contribution in [0, 0.1) is 10.1 Å². The lowest BCUT2D eigenvalue weighted by Crippen LogP contribution is -2.77. The van der Waals surface area contributed by atoms with Gasteiger partial charge < -0.3 is 19.8 Å². The predicted octanol–water partition coefficient (Wildman–Crippen LogP) is 0.255. The number of likely N-dealkylation sites (tertiary alicyclic amines) is 1. The standard InChI is InChI=1S/C23H21N3O9/c1-12(28)18(23(32)35-11-13-5-3-2-4-6-13)24-17(10-27)19(22(24)31)25-20(29)15-8-7-14(26(33)34)9-16(15)21(25)30/h2-9,12,17-19,27-28H,10-11H2,1H3/t12-,17?,18?,19?/m1/s1. The van der Waals surface area contributed by atoms with Crippen molar-refractivity contribution < 1.29 is 39.1 Å². The Balaban J connectivity index is 1.55. The minimum atomic E-state index is -1.49. The number of aliphatic hydroxyl groups is 2. The van der Waals surface area contributed by atoms with Gasteiger partial charge in [-0.05, 0) is 18.6 Å². The molecule has 12 nitrogen and oxygen atoms in total. The molecular formula is C23H21N3O9. The Hall–Kier alpha value is -4.16. The molecule has 2 heterocycles. The van der Waals surface area contributed by atoms with E-state index in [1.165, 1.54) is 6.92 Å². The van der Waals surface area contributed by atoms with Crippen molar-refractivity contribution in [3.05, 3.63) is 75.3 Å². The van der Waals surface area contributed by atoms with Gasteiger partial charge in [0.05, 0.1) is 34.8 Å². The molecular weight excluding hydrogens is 462 g/mol. The van der Waals surface area contributed by atoms with Gasteiger partial charge in [-0.2, -0.15) is 0 Å². The molecule has 2 aliphatic rings. The zero-order valence-electron chi connectivity index (χ0n) is 18.4. The van der Waals surface area contributed by atoms with E-state index in [0.29, 0.717) is 10.5 Å². The maximum Gasteiger partial charge on any atom is 0.331 e. The third kappa shape index (κ3) is 4.02. The number of esters is 1. The van der Waals surface area contributed by atoms with E-state index >= 15 is 0 Å². The second-order valence-electron chi connectivity index (χ2n) is 8.19. The Kier molecular flexibility index (Phi) is 6.33. The van der Waals surface area contributed by atoms with Gasteiger partial charge in [-0.25, -0.2) is 4.79 Å². The number of nitrogens with zero attached hydrogens (tertiary/aromatic N) is 3. The number of carbonyl (C=O) groups is 4. The number of ether oxygens (including phenoxy) is 1. The molecule has 1 fully saturated rings. The number of hydrogen-bond acceptors (Lipinski definition) is 9. The molecule has 35 heavy (non-hydrogen) atoms. The highest BCUT2D eigenvalue weighted by Crippen LogP contribution is 2.36. The average Bonchev–Trinajstić information content (AvgIpc) is 3.08. The average molecular weight is 483 g/mol. The molecule has 0 radical (unpaired) electrons. The summed E-state index contributed by atoms with van der Waals surface area (Å²) >= 11 is 0. The van der Waals surface area contributed by atoms with Crippen LogP contribution in [0.3, 0.4) is 0 Å². The molecule has 3 amide bonds. The fourth-order valence-electron chi connectivity index (χ4n) is 4.34. The number of rotatable bonds is 8. The summed E-state index contributed by atoms with van der Waals surface area (Å²) in [6.45, 7) is 0.430. The monoisotopic (exact) mass is 483 g/mol. The summed E-state index contributed by atoms with van der Waals surface area (Å²) in [5.41, 5.74) is -0.0708. The first-order chi connectivity index (χ1) is 16.7. The number of nitro groups is 1. The molecule has 3 unspecified atom stereocenters. The lowest BCUT2D eigenvalue weighted by molar-refractivity contribution is -0.384. The lowest BCUT2D eigenvalue weighted by atomic mass is 9.90. The Morgan fingerprint density at radius 1 is 1.11 bits per heavy atom. The van der Waals surface area contributed by atoms with Gasteiger partial charge in [-0.3, -0.25) is 29.4 Å². The number of β-lactam (4-membered cyclic amide) rings is 1. The van der Waals surface area contributed by atoms with Gasteiger partial charge in [0.2, 0.25) is 5.91 Å². The first-order valence-electron chi connectivity index (χ1n) is 10.6. The number of aliphatic hydroxyl groups excluding tert-OH is 2. The highest BCUT2D eigenvalue weighted by atomic mass is 16.6. The quantitative estimate of drug-likeness (QED) is 0.176. The van der Waals surface area contributed by atoms with Crippen molar-refractivity contribution in [3.63, 3.8) is 0 Å². The molecule has 12 heteroatoms. The van der Waals surface area contributed by atoms with Crippen molar-refractivity contribution in [1.29, 1.82) is 0 Å². The fourth-order valence-corrected chi connectivity index (χ4v) is 4.34. The van der Waals surface area contributed by atoms with Crippen molar-refractivity contribution in [1.82, 2.24) is 9.80 Å². The molecule has 2 aromatic carbocycles. The van der Waals surface area contributed by atoms with Crippen molar-refractivity contribution in [2.24, 2.45) is 0 Å². The summed E-state index contributed by atoms with van der Waals surface area (Å²) in [7, 11) is 0. The van der Waals surface area contributed by atoms with Crippen molar-refractivity contribution in [2.75, 3.05) is 6.61 Å². The summed E-state index contributed by atoms with van der Waals surface area (Å²) in [5, 5.41) is 31.3. The van der Waals surface area contributed by atoms with Crippen LogP contribution < -0.4 is 0 Å². The third-order valence-corrected chi connectivity index (χ3v) is 6.03. The lowest BCUT2D eigenvalue weighted by Gasteiger charge is -2.51. The van der Waals surface area contributed by atoms with Crippen LogP contribution in [-0.2, 0) is 20.9 Å². The van der Waals surface area contributed by atoms with E-state index in [1.807, 2.05) is 0 Å². The molecule has 1 saturated heterocycles. The number of fused-ring (bicyclic) bond motifs is 1. The van der Waals surface area contributed by atoms with Crippen LogP contribution in [0.15, 0.2) is 48.5 Å². The minimum absolute atomic E-state index is 0.113. The second-order valence-corrected chi connectivity index (χ2v) is 8.19. The topological polar surface area (TPSA) is 168 Å². The normalized spacial score (nSPS) is 20.8. The smallest absolute Gasteiger partial charge is 0.331 e. The number of amides is 3. The molecule has 4 atom stereocenters. The van der Waals surface area contributed by atoms with E-state index < -0.39 is 65.1 Å². The molecule has 2 N–H and O–H groups in total. The highest BCUT2D eigenvalue weighted by Gasteiger charge is 2.59. The van der Waals surface area contributed by atoms with Crippen LogP contribution in [-0.4, -0.2) is 79.5 Å². The predicted molar refractivity (Wildman–Crippen MR) is 117 cm³/mol. The Bertz CT molecular complexity index is 1210. The molecule has 0 spiro atoms. The van der Waals surface area contributed by atoms with Crippen LogP contribution >= 0.6 is 0 Å². The van der Waals surface area contributed by atoms with Crippen LogP contribution in [0.5, 0.6) is 0 Å². The van der Waals surface area contributed by atoms with Crippen molar-refractivity contribution in [2.45, 2.75) is 37.8 Å². The molecule has 182 valence electrons. The van der Waals surface area contributed by atoms with Crippen molar-refractivity contribution in [3.8, 4) is 0 Å². The van der Waals surface area contributed by atoms with Gasteiger partial charge in [0.15, 0.2) is 6.04 Å². The number of imide groups is 1. The first-order valence-corrected chi connectivity index (χ1v) is 10.6. The van der Waals surface area contributed by atoms with E-state index in [1.54, 1.807) is 30.3 Å².